The third kappa shape index (κ3) is 2.60. The summed E-state index contributed by atoms with van der Waals surface area (Å²) in [6, 6.07) is 15.5. The lowest BCUT2D eigenvalue weighted by Crippen LogP contribution is -2.37. The molecule has 0 spiro atoms. The number of nitrogens with zero attached hydrogens (tertiary/aromatic N) is 1. The summed E-state index contributed by atoms with van der Waals surface area (Å²) in [4.78, 5) is 25.9. The van der Waals surface area contributed by atoms with E-state index in [1.807, 2.05) is 55.5 Å². The number of aryl methyl sites for hydroxylation is 1. The van der Waals surface area contributed by atoms with Crippen molar-refractivity contribution < 1.29 is 9.59 Å². The molecule has 2 aromatic rings. The molecule has 0 aromatic heterocycles. The molecule has 0 bridgehead atoms. The Morgan fingerprint density at radius 1 is 1.18 bits per heavy atom. The molecule has 0 aliphatic carbocycles. The molecule has 0 saturated heterocycles. The van der Waals surface area contributed by atoms with E-state index in [0.717, 1.165) is 22.4 Å². The summed E-state index contributed by atoms with van der Waals surface area (Å²) in [5, 5.41) is 2.91. The highest BCUT2D eigenvalue weighted by molar-refractivity contribution is 5.96. The summed E-state index contributed by atoms with van der Waals surface area (Å²) in [5.41, 5.74) is 3.79. The van der Waals surface area contributed by atoms with Gasteiger partial charge in [0, 0.05) is 18.2 Å². The Morgan fingerprint density at radius 2 is 1.91 bits per heavy atom. The molecule has 1 N–H and O–H groups in total. The zero-order valence-corrected chi connectivity index (χ0v) is 12.7. The van der Waals surface area contributed by atoms with Crippen molar-refractivity contribution in [1.82, 2.24) is 4.90 Å². The lowest BCUT2D eigenvalue weighted by Gasteiger charge is -2.29. The normalized spacial score (nSPS) is 17.5. The second-order valence-electron chi connectivity index (χ2n) is 5.60. The van der Waals surface area contributed by atoms with Gasteiger partial charge in [0.1, 0.15) is 6.54 Å². The highest BCUT2D eigenvalue weighted by Gasteiger charge is 2.31. The number of carbonyl (C=O) groups is 2. The highest BCUT2D eigenvalue weighted by atomic mass is 16.2. The summed E-state index contributed by atoms with van der Waals surface area (Å²) in [5.74, 6) is -0.280. The van der Waals surface area contributed by atoms with Crippen LogP contribution in [0.15, 0.2) is 48.5 Å². The molecule has 4 nitrogen and oxygen atoms in total. The second-order valence-corrected chi connectivity index (χ2v) is 5.60. The van der Waals surface area contributed by atoms with Crippen LogP contribution in [0, 0.1) is 6.92 Å². The van der Waals surface area contributed by atoms with Crippen LogP contribution in [0.25, 0.3) is 0 Å². The number of hydrogen-bond acceptors (Lipinski definition) is 2. The molecule has 4 heteroatoms. The first-order chi connectivity index (χ1) is 10.6. The topological polar surface area (TPSA) is 49.4 Å². The largest absolute Gasteiger partial charge is 0.324 e. The Balaban J connectivity index is 2.21. The van der Waals surface area contributed by atoms with E-state index in [4.69, 9.17) is 0 Å². The number of anilines is 1. The maximum Gasteiger partial charge on any atom is 0.244 e. The van der Waals surface area contributed by atoms with E-state index in [0.29, 0.717) is 0 Å². The smallest absolute Gasteiger partial charge is 0.244 e. The van der Waals surface area contributed by atoms with Gasteiger partial charge in [-0.25, -0.2) is 0 Å². The first kappa shape index (κ1) is 14.3. The third-order valence-corrected chi connectivity index (χ3v) is 3.92. The lowest BCUT2D eigenvalue weighted by atomic mass is 9.95. The average Bonchev–Trinajstić information content (AvgIpc) is 2.63. The van der Waals surface area contributed by atoms with Crippen molar-refractivity contribution in [1.29, 1.82) is 0 Å². The lowest BCUT2D eigenvalue weighted by molar-refractivity contribution is -0.134. The van der Waals surface area contributed by atoms with Gasteiger partial charge in [0.05, 0.1) is 6.04 Å². The fourth-order valence-corrected chi connectivity index (χ4v) is 2.91. The Hall–Kier alpha value is -2.62. The summed E-state index contributed by atoms with van der Waals surface area (Å²) in [7, 11) is 0. The summed E-state index contributed by atoms with van der Waals surface area (Å²) in [6.07, 6.45) is 0. The molecule has 2 aromatic carbocycles. The molecule has 112 valence electrons. The maximum atomic E-state index is 12.1. The molecular weight excluding hydrogens is 276 g/mol. The molecule has 1 aliphatic heterocycles. The van der Waals surface area contributed by atoms with Crippen LogP contribution < -0.4 is 5.32 Å². The fourth-order valence-electron chi connectivity index (χ4n) is 2.91. The average molecular weight is 294 g/mol. The number of benzene rings is 2. The number of fused-ring (bicyclic) bond motifs is 1. The van der Waals surface area contributed by atoms with Crippen molar-refractivity contribution in [3.8, 4) is 0 Å². The van der Waals surface area contributed by atoms with E-state index in [-0.39, 0.29) is 24.4 Å². The molecule has 2 amide bonds. The van der Waals surface area contributed by atoms with Crippen molar-refractivity contribution >= 4 is 17.5 Å². The van der Waals surface area contributed by atoms with Crippen LogP contribution in [0.3, 0.4) is 0 Å². The van der Waals surface area contributed by atoms with Gasteiger partial charge in [-0.05, 0) is 24.1 Å². The van der Waals surface area contributed by atoms with Gasteiger partial charge in [0.25, 0.3) is 0 Å². The predicted molar refractivity (Wildman–Crippen MR) is 85.5 cm³/mol. The van der Waals surface area contributed by atoms with Crippen molar-refractivity contribution in [3.63, 3.8) is 0 Å². The molecular formula is C18H18N2O2. The van der Waals surface area contributed by atoms with Gasteiger partial charge in [-0.1, -0.05) is 42.5 Å². The Bertz CT molecular complexity index is 725. The number of amides is 2. The Labute approximate surface area is 129 Å². The van der Waals surface area contributed by atoms with E-state index < -0.39 is 0 Å². The van der Waals surface area contributed by atoms with Gasteiger partial charge in [-0.2, -0.15) is 0 Å². The molecule has 0 fully saturated rings. The van der Waals surface area contributed by atoms with E-state index in [9.17, 15) is 9.59 Å². The van der Waals surface area contributed by atoms with Gasteiger partial charge >= 0.3 is 0 Å². The third-order valence-electron chi connectivity index (χ3n) is 3.92. The zero-order chi connectivity index (χ0) is 15.7. The molecule has 22 heavy (non-hydrogen) atoms. The van der Waals surface area contributed by atoms with Gasteiger partial charge in [-0.3, -0.25) is 9.59 Å². The Morgan fingerprint density at radius 3 is 2.59 bits per heavy atom. The first-order valence-corrected chi connectivity index (χ1v) is 7.29. The van der Waals surface area contributed by atoms with Gasteiger partial charge in [-0.15, -0.1) is 0 Å². The minimum Gasteiger partial charge on any atom is -0.324 e. The predicted octanol–water partition coefficient (Wildman–Crippen LogP) is 2.89. The minimum absolute atomic E-state index is 0.0582. The molecule has 0 radical (unpaired) electrons. The summed E-state index contributed by atoms with van der Waals surface area (Å²) < 4.78 is 0. The van der Waals surface area contributed by atoms with Gasteiger partial charge in [0.15, 0.2) is 0 Å². The van der Waals surface area contributed by atoms with Crippen LogP contribution in [0.4, 0.5) is 5.69 Å². The quantitative estimate of drug-likeness (QED) is 0.879. The SMILES string of the molecule is CC(=O)N1CC(=O)Nc2cc(C)ccc2[C@H]1c1ccccc1. The molecule has 0 unspecified atom stereocenters. The minimum atomic E-state index is -0.256. The van der Waals surface area contributed by atoms with Crippen LogP contribution in [0.1, 0.15) is 29.7 Å². The molecule has 1 heterocycles. The number of hydrogen-bond donors (Lipinski definition) is 1. The maximum absolute atomic E-state index is 12.1. The Kier molecular flexibility index (Phi) is 3.67. The van der Waals surface area contributed by atoms with E-state index in [2.05, 4.69) is 5.32 Å². The molecule has 3 rings (SSSR count). The molecule has 0 saturated carbocycles. The number of carbonyl (C=O) groups excluding carboxylic acids is 2. The van der Waals surface area contributed by atoms with Crippen molar-refractivity contribution in [2.24, 2.45) is 0 Å². The van der Waals surface area contributed by atoms with Crippen molar-refractivity contribution in [2.75, 3.05) is 11.9 Å². The monoisotopic (exact) mass is 294 g/mol. The van der Waals surface area contributed by atoms with E-state index in [1.54, 1.807) is 4.90 Å². The summed E-state index contributed by atoms with van der Waals surface area (Å²) >= 11 is 0. The van der Waals surface area contributed by atoms with Crippen LogP contribution in [-0.2, 0) is 9.59 Å². The van der Waals surface area contributed by atoms with Gasteiger partial charge in [0.2, 0.25) is 11.8 Å². The molecule has 1 atom stereocenters. The zero-order valence-electron chi connectivity index (χ0n) is 12.7. The van der Waals surface area contributed by atoms with Crippen LogP contribution in [0.2, 0.25) is 0 Å². The van der Waals surface area contributed by atoms with Gasteiger partial charge < -0.3 is 10.2 Å². The fraction of sp³-hybridized carbons (Fsp3) is 0.222. The highest BCUT2D eigenvalue weighted by Crippen LogP contribution is 2.36. The first-order valence-electron chi connectivity index (χ1n) is 7.29. The standard InChI is InChI=1S/C18H18N2O2/c1-12-8-9-15-16(10-12)19-17(22)11-20(13(2)21)18(15)14-6-4-3-5-7-14/h3-10,18H,11H2,1-2H3,(H,19,22)/t18-/m1/s1. The van der Waals surface area contributed by atoms with Crippen LogP contribution in [0.5, 0.6) is 0 Å². The second kappa shape index (κ2) is 5.64. The number of rotatable bonds is 1. The summed E-state index contributed by atoms with van der Waals surface area (Å²) in [6.45, 7) is 3.54. The van der Waals surface area contributed by atoms with Crippen LogP contribution >= 0.6 is 0 Å². The van der Waals surface area contributed by atoms with Crippen molar-refractivity contribution in [3.05, 3.63) is 65.2 Å². The molecule has 1 aliphatic rings. The van der Waals surface area contributed by atoms with Crippen molar-refractivity contribution in [2.45, 2.75) is 19.9 Å². The number of nitrogens with one attached hydrogen (secondary N) is 1. The van der Waals surface area contributed by atoms with E-state index >= 15 is 0 Å². The van der Waals surface area contributed by atoms with Crippen LogP contribution in [-0.4, -0.2) is 23.3 Å². The van der Waals surface area contributed by atoms with E-state index in [1.165, 1.54) is 6.92 Å².